The van der Waals surface area contributed by atoms with Gasteiger partial charge in [-0.25, -0.2) is 4.98 Å². The van der Waals surface area contributed by atoms with E-state index in [4.69, 9.17) is 0 Å². The molecule has 1 aliphatic heterocycles. The lowest BCUT2D eigenvalue weighted by molar-refractivity contribution is -0.137. The number of imidazole rings is 1. The van der Waals surface area contributed by atoms with Crippen molar-refractivity contribution in [1.29, 1.82) is 0 Å². The number of rotatable bonds is 6. The van der Waals surface area contributed by atoms with Crippen LogP contribution < -0.4 is 4.90 Å². The Hall–Kier alpha value is -2.39. The molecule has 1 unspecified atom stereocenters. The van der Waals surface area contributed by atoms with Gasteiger partial charge in [0.05, 0.1) is 22.3 Å². The van der Waals surface area contributed by atoms with Gasteiger partial charge in [-0.1, -0.05) is 12.1 Å². The van der Waals surface area contributed by atoms with Crippen molar-refractivity contribution in [2.75, 3.05) is 43.9 Å². The lowest BCUT2D eigenvalue weighted by Gasteiger charge is -2.36. The van der Waals surface area contributed by atoms with Crippen molar-refractivity contribution in [1.82, 2.24) is 14.9 Å². The molecule has 1 aliphatic rings. The van der Waals surface area contributed by atoms with Crippen molar-refractivity contribution in [2.24, 2.45) is 0 Å². The number of anilines is 1. The number of hydrogen-bond acceptors (Lipinski definition) is 4. The number of nitrogens with zero attached hydrogens (tertiary/aromatic N) is 3. The molecule has 1 aromatic heterocycles. The Balaban J connectivity index is 1.32. The fourth-order valence-corrected chi connectivity index (χ4v) is 4.44. The number of piperazine rings is 1. The minimum absolute atomic E-state index is 0.417. The first-order valence-corrected chi connectivity index (χ1v) is 11.9. The fraction of sp³-hybridized carbons (Fsp3) is 0.409. The van der Waals surface area contributed by atoms with Crippen molar-refractivity contribution in [3.8, 4) is 0 Å². The summed E-state index contributed by atoms with van der Waals surface area (Å²) in [6.45, 7) is 3.93. The van der Waals surface area contributed by atoms with Crippen molar-refractivity contribution in [3.63, 3.8) is 0 Å². The zero-order chi connectivity index (χ0) is 22.0. The van der Waals surface area contributed by atoms with Gasteiger partial charge in [0, 0.05) is 55.5 Å². The van der Waals surface area contributed by atoms with E-state index in [1.54, 1.807) is 12.3 Å². The highest BCUT2D eigenvalue weighted by Gasteiger charge is 2.31. The Morgan fingerprint density at radius 1 is 1.10 bits per heavy atom. The number of fused-ring (bicyclic) bond motifs is 1. The van der Waals surface area contributed by atoms with Gasteiger partial charge >= 0.3 is 6.18 Å². The zero-order valence-corrected chi connectivity index (χ0v) is 18.1. The maximum Gasteiger partial charge on any atom is 0.416 e. The molecule has 2 heterocycles. The first-order valence-electron chi connectivity index (χ1n) is 10.2. The van der Waals surface area contributed by atoms with Crippen LogP contribution in [0.3, 0.4) is 0 Å². The van der Waals surface area contributed by atoms with Crippen molar-refractivity contribution < 1.29 is 17.4 Å². The number of nitrogens with one attached hydrogen (secondary N) is 1. The van der Waals surface area contributed by atoms with Crippen molar-refractivity contribution in [3.05, 3.63) is 59.4 Å². The monoisotopic (exact) mass is 450 g/mol. The number of halogens is 3. The normalized spacial score (nSPS) is 16.7. The van der Waals surface area contributed by atoms with E-state index < -0.39 is 22.5 Å². The third-order valence-corrected chi connectivity index (χ3v) is 6.24. The van der Waals surface area contributed by atoms with Crippen LogP contribution in [-0.2, 0) is 29.1 Å². The molecule has 0 radical (unpaired) electrons. The molecule has 0 bridgehead atoms. The van der Waals surface area contributed by atoms with Crippen LogP contribution in [0, 0.1) is 0 Å². The molecule has 0 saturated carbocycles. The van der Waals surface area contributed by atoms with Gasteiger partial charge in [0.2, 0.25) is 0 Å². The second kappa shape index (κ2) is 9.00. The standard InChI is InChI=1S/C22H25F3N4OS/c1-31(30)15-21-26-19-6-5-16(13-20(19)27-21)7-8-28-9-11-29(12-10-28)18-4-2-3-17(14-18)22(23,24)25/h2-6,13-14H,7-12,15H2,1H3,(H,26,27). The Kier molecular flexibility index (Phi) is 6.34. The summed E-state index contributed by atoms with van der Waals surface area (Å²) < 4.78 is 50.3. The van der Waals surface area contributed by atoms with Crippen LogP contribution in [0.2, 0.25) is 0 Å². The molecule has 1 fully saturated rings. The van der Waals surface area contributed by atoms with E-state index in [9.17, 15) is 17.4 Å². The third-order valence-electron chi connectivity index (χ3n) is 5.56. The molecule has 1 N–H and O–H groups in total. The quantitative estimate of drug-likeness (QED) is 0.620. The van der Waals surface area contributed by atoms with E-state index in [0.29, 0.717) is 24.5 Å². The largest absolute Gasteiger partial charge is 0.416 e. The lowest BCUT2D eigenvalue weighted by atomic mass is 10.1. The molecule has 0 amide bonds. The fourth-order valence-electron chi connectivity index (χ4n) is 3.92. The maximum atomic E-state index is 13.0. The number of alkyl halides is 3. The highest BCUT2D eigenvalue weighted by molar-refractivity contribution is 7.83. The first-order chi connectivity index (χ1) is 14.8. The summed E-state index contributed by atoms with van der Waals surface area (Å²) in [6, 6.07) is 11.7. The Labute approximate surface area is 181 Å². The molecule has 166 valence electrons. The van der Waals surface area contributed by atoms with Crippen LogP contribution in [-0.4, -0.2) is 58.1 Å². The lowest BCUT2D eigenvalue weighted by Crippen LogP contribution is -2.47. The second-order valence-corrected chi connectivity index (χ2v) is 9.31. The summed E-state index contributed by atoms with van der Waals surface area (Å²) in [5, 5.41) is 0. The van der Waals surface area contributed by atoms with Crippen LogP contribution in [0.1, 0.15) is 17.0 Å². The van der Waals surface area contributed by atoms with Gasteiger partial charge in [-0.05, 0) is 42.3 Å². The van der Waals surface area contributed by atoms with E-state index in [2.05, 4.69) is 27.0 Å². The minimum atomic E-state index is -4.32. The van der Waals surface area contributed by atoms with Gasteiger partial charge in [0.15, 0.2) is 0 Å². The first kappa shape index (κ1) is 21.8. The van der Waals surface area contributed by atoms with Crippen molar-refractivity contribution >= 4 is 27.5 Å². The molecule has 0 spiro atoms. The Morgan fingerprint density at radius 3 is 2.58 bits per heavy atom. The molecular weight excluding hydrogens is 425 g/mol. The highest BCUT2D eigenvalue weighted by atomic mass is 32.2. The van der Waals surface area contributed by atoms with Crippen molar-refractivity contribution in [2.45, 2.75) is 18.3 Å². The summed E-state index contributed by atoms with van der Waals surface area (Å²) in [5.74, 6) is 1.15. The van der Waals surface area contributed by atoms with E-state index in [1.165, 1.54) is 17.7 Å². The SMILES string of the molecule is CS(=O)Cc1nc2ccc(CCN3CCN(c4cccc(C(F)(F)F)c4)CC3)cc2[nH]1. The smallest absolute Gasteiger partial charge is 0.369 e. The van der Waals surface area contributed by atoms with Gasteiger partial charge in [0.1, 0.15) is 5.82 Å². The zero-order valence-electron chi connectivity index (χ0n) is 17.3. The number of hydrogen-bond donors (Lipinski definition) is 1. The minimum Gasteiger partial charge on any atom is -0.369 e. The number of benzene rings is 2. The summed E-state index contributed by atoms with van der Waals surface area (Å²) in [7, 11) is -0.938. The number of H-pyrrole nitrogens is 1. The second-order valence-electron chi connectivity index (χ2n) is 7.88. The van der Waals surface area contributed by atoms with E-state index in [0.717, 1.165) is 49.0 Å². The molecule has 1 atom stereocenters. The van der Waals surface area contributed by atoms with Crippen LogP contribution >= 0.6 is 0 Å². The summed E-state index contributed by atoms with van der Waals surface area (Å²) in [6.07, 6.45) is -1.78. The summed E-state index contributed by atoms with van der Waals surface area (Å²) in [5.41, 5.74) is 3.05. The third kappa shape index (κ3) is 5.46. The van der Waals surface area contributed by atoms with Gasteiger partial charge < -0.3 is 9.88 Å². The average Bonchev–Trinajstić information content (AvgIpc) is 3.13. The Bertz CT molecular complexity index is 1070. The van der Waals surface area contributed by atoms with Gasteiger partial charge in [0.25, 0.3) is 0 Å². The Morgan fingerprint density at radius 2 is 1.87 bits per heavy atom. The molecule has 5 nitrogen and oxygen atoms in total. The van der Waals surface area contributed by atoms with Crippen LogP contribution in [0.15, 0.2) is 42.5 Å². The molecule has 31 heavy (non-hydrogen) atoms. The van der Waals surface area contributed by atoms with Crippen LogP contribution in [0.4, 0.5) is 18.9 Å². The molecule has 2 aromatic carbocycles. The van der Waals surface area contributed by atoms with Crippen LogP contribution in [0.25, 0.3) is 11.0 Å². The molecule has 4 rings (SSSR count). The number of aromatic amines is 1. The van der Waals surface area contributed by atoms with Gasteiger partial charge in [-0.2, -0.15) is 13.2 Å². The van der Waals surface area contributed by atoms with E-state index in [1.807, 2.05) is 11.0 Å². The molecule has 9 heteroatoms. The summed E-state index contributed by atoms with van der Waals surface area (Å²) in [4.78, 5) is 12.1. The molecule has 0 aliphatic carbocycles. The average molecular weight is 451 g/mol. The predicted molar refractivity (Wildman–Crippen MR) is 118 cm³/mol. The highest BCUT2D eigenvalue weighted by Crippen LogP contribution is 2.31. The van der Waals surface area contributed by atoms with Crippen LogP contribution in [0.5, 0.6) is 0 Å². The summed E-state index contributed by atoms with van der Waals surface area (Å²) >= 11 is 0. The maximum absolute atomic E-state index is 13.0. The topological polar surface area (TPSA) is 52.2 Å². The van der Waals surface area contributed by atoms with E-state index >= 15 is 0 Å². The van der Waals surface area contributed by atoms with E-state index in [-0.39, 0.29) is 0 Å². The molecule has 1 saturated heterocycles. The molecular formula is C22H25F3N4OS. The van der Waals surface area contributed by atoms with Gasteiger partial charge in [-0.3, -0.25) is 9.11 Å². The number of aromatic nitrogens is 2. The predicted octanol–water partition coefficient (Wildman–Crippen LogP) is 3.82. The molecule has 3 aromatic rings. The van der Waals surface area contributed by atoms with Gasteiger partial charge in [-0.15, -0.1) is 0 Å².